The van der Waals surface area contributed by atoms with Gasteiger partial charge in [-0.15, -0.1) is 16.5 Å². The van der Waals surface area contributed by atoms with Crippen molar-refractivity contribution in [2.45, 2.75) is 19.3 Å². The van der Waals surface area contributed by atoms with Gasteiger partial charge in [0, 0.05) is 5.41 Å². The lowest BCUT2D eigenvalue weighted by molar-refractivity contribution is 0.441. The SMILES string of the molecule is [C-]#[N+]c1nc(C#N)nc(Oc2ccccc2N2c3ccccc3C(C)(C)c3ccccc32)n1. The summed E-state index contributed by atoms with van der Waals surface area (Å²) in [5, 5.41) is 9.20. The van der Waals surface area contributed by atoms with Gasteiger partial charge in [-0.2, -0.15) is 5.26 Å². The van der Waals surface area contributed by atoms with E-state index in [4.69, 9.17) is 11.3 Å². The highest BCUT2D eigenvalue weighted by Crippen LogP contribution is 2.53. The Morgan fingerprint density at radius 3 is 2.03 bits per heavy atom. The van der Waals surface area contributed by atoms with Crippen LogP contribution in [0.15, 0.2) is 72.8 Å². The zero-order chi connectivity index (χ0) is 23.0. The van der Waals surface area contributed by atoms with Crippen molar-refractivity contribution in [2.75, 3.05) is 4.90 Å². The van der Waals surface area contributed by atoms with E-state index in [1.165, 1.54) is 11.1 Å². The van der Waals surface area contributed by atoms with Crippen LogP contribution in [0.3, 0.4) is 0 Å². The molecule has 0 N–H and O–H groups in total. The van der Waals surface area contributed by atoms with Crippen LogP contribution >= 0.6 is 0 Å². The molecule has 1 aromatic heterocycles. The second kappa shape index (κ2) is 7.74. The van der Waals surface area contributed by atoms with E-state index in [1.807, 2.05) is 42.5 Å². The quantitative estimate of drug-likeness (QED) is 0.360. The van der Waals surface area contributed by atoms with Gasteiger partial charge in [0.25, 0.3) is 5.82 Å². The van der Waals surface area contributed by atoms with Crippen molar-refractivity contribution in [3.63, 3.8) is 0 Å². The van der Waals surface area contributed by atoms with Crippen molar-refractivity contribution in [1.29, 1.82) is 5.26 Å². The maximum absolute atomic E-state index is 9.20. The van der Waals surface area contributed by atoms with E-state index in [0.717, 1.165) is 17.1 Å². The predicted octanol–water partition coefficient (Wildman–Crippen LogP) is 6.20. The molecule has 5 rings (SSSR count). The van der Waals surface area contributed by atoms with Gasteiger partial charge in [0.05, 0.1) is 17.1 Å². The lowest BCUT2D eigenvalue weighted by Gasteiger charge is -2.42. The Balaban J connectivity index is 1.69. The number of nitrogens with zero attached hydrogens (tertiary/aromatic N) is 6. The minimum Gasteiger partial charge on any atom is -0.411 e. The van der Waals surface area contributed by atoms with Gasteiger partial charge in [-0.3, -0.25) is 0 Å². The van der Waals surface area contributed by atoms with Crippen molar-refractivity contribution >= 4 is 23.0 Å². The summed E-state index contributed by atoms with van der Waals surface area (Å²) in [6.45, 7) is 11.6. The van der Waals surface area contributed by atoms with Gasteiger partial charge in [0.1, 0.15) is 0 Å². The van der Waals surface area contributed by atoms with Crippen LogP contribution in [0.4, 0.5) is 23.0 Å². The summed E-state index contributed by atoms with van der Waals surface area (Å²) in [4.78, 5) is 17.2. The van der Waals surface area contributed by atoms with E-state index in [9.17, 15) is 5.26 Å². The molecule has 3 aromatic carbocycles. The van der Waals surface area contributed by atoms with Crippen molar-refractivity contribution in [3.8, 4) is 17.8 Å². The summed E-state index contributed by atoms with van der Waals surface area (Å²) in [7, 11) is 0. The molecule has 1 aliphatic rings. The summed E-state index contributed by atoms with van der Waals surface area (Å²) < 4.78 is 6.03. The van der Waals surface area contributed by atoms with Crippen molar-refractivity contribution in [1.82, 2.24) is 15.0 Å². The monoisotopic (exact) mass is 430 g/mol. The number of aromatic nitrogens is 3. The number of hydrogen-bond donors (Lipinski definition) is 0. The molecule has 0 bridgehead atoms. The summed E-state index contributed by atoms with van der Waals surface area (Å²) in [5.41, 5.74) is 5.09. The highest BCUT2D eigenvalue weighted by Gasteiger charge is 2.37. The second-order valence-corrected chi connectivity index (χ2v) is 8.03. The molecule has 0 amide bonds. The van der Waals surface area contributed by atoms with E-state index >= 15 is 0 Å². The first-order valence-electron chi connectivity index (χ1n) is 10.3. The topological polar surface area (TPSA) is 79.3 Å². The lowest BCUT2D eigenvalue weighted by Crippen LogP contribution is -2.30. The van der Waals surface area contributed by atoms with Crippen molar-refractivity contribution < 1.29 is 4.74 Å². The molecule has 158 valence electrons. The predicted molar refractivity (Wildman–Crippen MR) is 124 cm³/mol. The summed E-state index contributed by atoms with van der Waals surface area (Å²) in [6, 6.07) is 25.9. The minimum absolute atomic E-state index is 0.0982. The number of ether oxygens (including phenoxy) is 1. The largest absolute Gasteiger partial charge is 0.411 e. The van der Waals surface area contributed by atoms with E-state index in [2.05, 4.69) is 74.9 Å². The van der Waals surface area contributed by atoms with E-state index in [1.54, 1.807) is 0 Å². The first-order valence-corrected chi connectivity index (χ1v) is 10.3. The molecule has 1 aliphatic heterocycles. The molecule has 0 spiro atoms. The van der Waals surface area contributed by atoms with Gasteiger partial charge < -0.3 is 14.5 Å². The van der Waals surface area contributed by atoms with E-state index in [0.29, 0.717) is 5.75 Å². The fraction of sp³-hybridized carbons (Fsp3) is 0.115. The normalized spacial score (nSPS) is 13.3. The van der Waals surface area contributed by atoms with Gasteiger partial charge in [-0.1, -0.05) is 67.4 Å². The Hall–Kier alpha value is -4.75. The number of nitriles is 1. The molecule has 0 unspecified atom stereocenters. The average molecular weight is 430 g/mol. The highest BCUT2D eigenvalue weighted by molar-refractivity contribution is 5.87. The zero-order valence-corrected chi connectivity index (χ0v) is 18.0. The maximum Gasteiger partial charge on any atom is 0.389 e. The van der Waals surface area contributed by atoms with Gasteiger partial charge in [-0.25, -0.2) is 0 Å². The Morgan fingerprint density at radius 2 is 1.42 bits per heavy atom. The zero-order valence-electron chi connectivity index (χ0n) is 18.0. The second-order valence-electron chi connectivity index (χ2n) is 8.03. The third kappa shape index (κ3) is 3.33. The number of hydrogen-bond acceptors (Lipinski definition) is 6. The first kappa shape index (κ1) is 20.2. The molecule has 0 saturated heterocycles. The molecule has 33 heavy (non-hydrogen) atoms. The van der Waals surface area contributed by atoms with Gasteiger partial charge in [0.15, 0.2) is 11.8 Å². The van der Waals surface area contributed by atoms with Crippen LogP contribution in [-0.2, 0) is 5.41 Å². The van der Waals surface area contributed by atoms with Crippen LogP contribution < -0.4 is 9.64 Å². The van der Waals surface area contributed by atoms with Crippen LogP contribution in [0.2, 0.25) is 0 Å². The average Bonchev–Trinajstić information content (AvgIpc) is 2.85. The molecule has 0 atom stereocenters. The van der Waals surface area contributed by atoms with E-state index in [-0.39, 0.29) is 23.2 Å². The summed E-state index contributed by atoms with van der Waals surface area (Å²) in [5.74, 6) is 0.135. The Labute approximate surface area is 191 Å². The van der Waals surface area contributed by atoms with Gasteiger partial charge in [0.2, 0.25) is 0 Å². The van der Waals surface area contributed by atoms with Crippen molar-refractivity contribution in [2.24, 2.45) is 0 Å². The van der Waals surface area contributed by atoms with Crippen LogP contribution in [-0.4, -0.2) is 15.0 Å². The van der Waals surface area contributed by atoms with Crippen LogP contribution in [0.1, 0.15) is 30.8 Å². The molecular formula is C26H18N6O. The number of fused-ring (bicyclic) bond motifs is 2. The molecule has 0 radical (unpaired) electrons. The number of para-hydroxylation sites is 4. The molecule has 7 nitrogen and oxygen atoms in total. The Kier molecular flexibility index (Phi) is 4.73. The molecular weight excluding hydrogens is 412 g/mol. The van der Waals surface area contributed by atoms with Gasteiger partial charge in [-0.05, 0) is 35.4 Å². The third-order valence-corrected chi connectivity index (χ3v) is 5.75. The molecule has 0 saturated carbocycles. The third-order valence-electron chi connectivity index (χ3n) is 5.75. The number of rotatable bonds is 3. The smallest absolute Gasteiger partial charge is 0.389 e. The Morgan fingerprint density at radius 1 is 0.848 bits per heavy atom. The summed E-state index contributed by atoms with van der Waals surface area (Å²) in [6.07, 6.45) is 0. The Bertz CT molecular complexity index is 1380. The molecule has 2 heterocycles. The molecule has 4 aromatic rings. The fourth-order valence-electron chi connectivity index (χ4n) is 4.25. The van der Waals surface area contributed by atoms with Gasteiger partial charge >= 0.3 is 12.0 Å². The fourth-order valence-corrected chi connectivity index (χ4v) is 4.25. The van der Waals surface area contributed by atoms with Crippen LogP contribution in [0, 0.1) is 17.9 Å². The highest BCUT2D eigenvalue weighted by atomic mass is 16.5. The molecule has 0 fully saturated rings. The standard InChI is InChI=1S/C26H18N6O/c1-26(2)17-10-4-6-12-19(17)32(20-13-7-5-11-18(20)26)21-14-8-9-15-22(21)33-25-30-23(16-27)29-24(28-3)31-25/h4-15H,1-2H3. The van der Waals surface area contributed by atoms with E-state index < -0.39 is 0 Å². The number of benzene rings is 3. The molecule has 7 heteroatoms. The van der Waals surface area contributed by atoms with Crippen LogP contribution in [0.5, 0.6) is 11.8 Å². The van der Waals surface area contributed by atoms with Crippen molar-refractivity contribution in [3.05, 3.63) is 101 Å². The lowest BCUT2D eigenvalue weighted by atomic mass is 9.73. The van der Waals surface area contributed by atoms with Crippen LogP contribution in [0.25, 0.3) is 4.85 Å². The summed E-state index contributed by atoms with van der Waals surface area (Å²) >= 11 is 0. The molecule has 0 aliphatic carbocycles. The first-order chi connectivity index (χ1) is 16.0. The maximum atomic E-state index is 9.20. The number of anilines is 3. The minimum atomic E-state index is -0.190.